The van der Waals surface area contributed by atoms with Crippen molar-refractivity contribution in [3.63, 3.8) is 0 Å². The number of carbonyl (C=O) groups excluding carboxylic acids is 1. The molecule has 0 fully saturated rings. The van der Waals surface area contributed by atoms with Gasteiger partial charge in [0.15, 0.2) is 5.78 Å². The third kappa shape index (κ3) is 2.33. The number of aryl methyl sites for hydroxylation is 5. The number of hydrogen-bond donors (Lipinski definition) is 0. The third-order valence-electron chi connectivity index (χ3n) is 4.66. The van der Waals surface area contributed by atoms with Crippen LogP contribution in [0, 0.1) is 41.5 Å². The molecule has 2 aromatic heterocycles. The Morgan fingerprint density at radius 2 is 1.54 bits per heavy atom. The number of hydrogen-bond acceptors (Lipinski definition) is 3. The Morgan fingerprint density at radius 1 is 0.958 bits per heavy atom. The molecule has 0 spiro atoms. The fourth-order valence-corrected chi connectivity index (χ4v) is 3.63. The maximum atomic E-state index is 12.1. The van der Waals surface area contributed by atoms with E-state index in [4.69, 9.17) is 0 Å². The van der Waals surface area contributed by atoms with E-state index in [2.05, 4.69) is 54.4 Å². The number of benzene rings is 1. The van der Waals surface area contributed by atoms with Gasteiger partial charge in [0.2, 0.25) is 0 Å². The standard InChI is InChI=1S/C20H23N3O/c1-10-8-11(2)19(12(3)9-10)23-14(5)13(4)17-18(15(6)24)21-16(7)22-20(17)23/h8-9H,1-7H3. The van der Waals surface area contributed by atoms with Crippen molar-refractivity contribution in [3.8, 4) is 5.69 Å². The Bertz CT molecular complexity index is 973. The summed E-state index contributed by atoms with van der Waals surface area (Å²) in [5.74, 6) is 0.594. The summed E-state index contributed by atoms with van der Waals surface area (Å²) in [6, 6.07) is 4.37. The Kier molecular flexibility index (Phi) is 3.78. The van der Waals surface area contributed by atoms with Crippen molar-refractivity contribution in [2.75, 3.05) is 0 Å². The van der Waals surface area contributed by atoms with Gasteiger partial charge in [-0.25, -0.2) is 9.97 Å². The first kappa shape index (κ1) is 16.4. The minimum absolute atomic E-state index is 0.0249. The molecule has 0 aliphatic carbocycles. The average molecular weight is 321 g/mol. The van der Waals surface area contributed by atoms with Crippen LogP contribution in [-0.4, -0.2) is 20.3 Å². The summed E-state index contributed by atoms with van der Waals surface area (Å²) in [7, 11) is 0. The molecule has 0 bridgehead atoms. The summed E-state index contributed by atoms with van der Waals surface area (Å²) < 4.78 is 2.18. The van der Waals surface area contributed by atoms with Gasteiger partial charge >= 0.3 is 0 Å². The minimum atomic E-state index is -0.0249. The third-order valence-corrected chi connectivity index (χ3v) is 4.66. The van der Waals surface area contributed by atoms with Gasteiger partial charge in [-0.3, -0.25) is 9.36 Å². The van der Waals surface area contributed by atoms with Gasteiger partial charge in [0, 0.05) is 12.6 Å². The van der Waals surface area contributed by atoms with E-state index in [0.717, 1.165) is 28.0 Å². The summed E-state index contributed by atoms with van der Waals surface area (Å²) >= 11 is 0. The SMILES string of the molecule is CC(=O)c1nc(C)nc2c1c(C)c(C)n2-c1c(C)cc(C)cc1C. The van der Waals surface area contributed by atoms with Crippen LogP contribution in [0.1, 0.15) is 51.2 Å². The molecule has 0 radical (unpaired) electrons. The second kappa shape index (κ2) is 5.55. The van der Waals surface area contributed by atoms with Crippen LogP contribution in [0.15, 0.2) is 12.1 Å². The Morgan fingerprint density at radius 3 is 2.08 bits per heavy atom. The highest BCUT2D eigenvalue weighted by Gasteiger charge is 2.22. The zero-order chi connectivity index (χ0) is 17.8. The Hall–Kier alpha value is -2.49. The number of aromatic nitrogens is 3. The van der Waals surface area contributed by atoms with E-state index in [-0.39, 0.29) is 5.78 Å². The van der Waals surface area contributed by atoms with Crippen LogP contribution in [0.25, 0.3) is 16.7 Å². The highest BCUT2D eigenvalue weighted by Crippen LogP contribution is 2.32. The lowest BCUT2D eigenvalue weighted by Gasteiger charge is -2.16. The molecule has 124 valence electrons. The molecule has 0 atom stereocenters. The molecule has 0 saturated heterocycles. The lowest BCUT2D eigenvalue weighted by atomic mass is 10.0. The molecule has 1 aromatic carbocycles. The summed E-state index contributed by atoms with van der Waals surface area (Å²) in [6.45, 7) is 13.9. The lowest BCUT2D eigenvalue weighted by Crippen LogP contribution is -2.06. The van der Waals surface area contributed by atoms with Crippen LogP contribution >= 0.6 is 0 Å². The van der Waals surface area contributed by atoms with Crippen molar-refractivity contribution in [2.45, 2.75) is 48.5 Å². The summed E-state index contributed by atoms with van der Waals surface area (Å²) in [5.41, 5.74) is 8.29. The van der Waals surface area contributed by atoms with Crippen molar-refractivity contribution in [1.29, 1.82) is 0 Å². The molecule has 3 rings (SSSR count). The highest BCUT2D eigenvalue weighted by atomic mass is 16.1. The highest BCUT2D eigenvalue weighted by molar-refractivity contribution is 6.05. The van der Waals surface area contributed by atoms with Gasteiger partial charge in [-0.15, -0.1) is 0 Å². The summed E-state index contributed by atoms with van der Waals surface area (Å²) in [6.07, 6.45) is 0. The van der Waals surface area contributed by atoms with Gasteiger partial charge in [0.1, 0.15) is 17.2 Å². The van der Waals surface area contributed by atoms with Crippen molar-refractivity contribution in [2.24, 2.45) is 0 Å². The Balaban J connectivity index is 2.52. The normalized spacial score (nSPS) is 11.3. The van der Waals surface area contributed by atoms with Gasteiger partial charge in [-0.05, 0) is 58.2 Å². The van der Waals surface area contributed by atoms with E-state index in [0.29, 0.717) is 11.5 Å². The van der Waals surface area contributed by atoms with Gasteiger partial charge in [0.05, 0.1) is 11.1 Å². The molecule has 0 saturated carbocycles. The van der Waals surface area contributed by atoms with E-state index < -0.39 is 0 Å². The van der Waals surface area contributed by atoms with Gasteiger partial charge in [-0.2, -0.15) is 0 Å². The van der Waals surface area contributed by atoms with Crippen molar-refractivity contribution in [1.82, 2.24) is 14.5 Å². The molecule has 2 heterocycles. The largest absolute Gasteiger partial charge is 0.298 e. The number of nitrogens with zero attached hydrogens (tertiary/aromatic N) is 3. The predicted molar refractivity (Wildman–Crippen MR) is 97.3 cm³/mol. The van der Waals surface area contributed by atoms with Crippen molar-refractivity contribution < 1.29 is 4.79 Å². The molecule has 0 unspecified atom stereocenters. The molecule has 0 aliphatic rings. The summed E-state index contributed by atoms with van der Waals surface area (Å²) in [4.78, 5) is 21.2. The van der Waals surface area contributed by atoms with Crippen LogP contribution < -0.4 is 0 Å². The molecule has 24 heavy (non-hydrogen) atoms. The minimum Gasteiger partial charge on any atom is -0.298 e. The molecular weight excluding hydrogens is 298 g/mol. The van der Waals surface area contributed by atoms with Crippen LogP contribution in [0.2, 0.25) is 0 Å². The molecule has 4 heteroatoms. The Labute approximate surface area is 142 Å². The number of carbonyl (C=O) groups is 1. The lowest BCUT2D eigenvalue weighted by molar-refractivity contribution is 0.101. The fraction of sp³-hybridized carbons (Fsp3) is 0.350. The molecular formula is C20H23N3O. The molecule has 0 amide bonds. The van der Waals surface area contributed by atoms with Gasteiger partial charge < -0.3 is 0 Å². The predicted octanol–water partition coefficient (Wildman–Crippen LogP) is 4.47. The van der Waals surface area contributed by atoms with E-state index >= 15 is 0 Å². The molecule has 0 N–H and O–H groups in total. The fourth-order valence-electron chi connectivity index (χ4n) is 3.63. The number of fused-ring (bicyclic) bond motifs is 1. The first-order valence-electron chi connectivity index (χ1n) is 8.17. The van der Waals surface area contributed by atoms with Crippen LogP contribution in [-0.2, 0) is 0 Å². The van der Waals surface area contributed by atoms with Crippen molar-refractivity contribution in [3.05, 3.63) is 51.6 Å². The van der Waals surface area contributed by atoms with E-state index in [1.54, 1.807) is 6.92 Å². The second-order valence-electron chi connectivity index (χ2n) is 6.67. The maximum absolute atomic E-state index is 12.1. The number of Topliss-reactive ketones (excluding diaryl/α,β-unsaturated/α-hetero) is 1. The zero-order valence-electron chi connectivity index (χ0n) is 15.4. The second-order valence-corrected chi connectivity index (χ2v) is 6.67. The number of ketones is 1. The molecule has 3 aromatic rings. The average Bonchev–Trinajstić information content (AvgIpc) is 2.70. The van der Waals surface area contributed by atoms with Crippen LogP contribution in [0.5, 0.6) is 0 Å². The first-order valence-corrected chi connectivity index (χ1v) is 8.17. The summed E-state index contributed by atoms with van der Waals surface area (Å²) in [5, 5.41) is 0.866. The van der Waals surface area contributed by atoms with E-state index in [9.17, 15) is 4.79 Å². The van der Waals surface area contributed by atoms with E-state index in [1.165, 1.54) is 16.7 Å². The van der Waals surface area contributed by atoms with Crippen molar-refractivity contribution >= 4 is 16.8 Å². The number of rotatable bonds is 2. The smallest absolute Gasteiger partial charge is 0.178 e. The first-order chi connectivity index (χ1) is 11.2. The monoisotopic (exact) mass is 321 g/mol. The van der Waals surface area contributed by atoms with Crippen LogP contribution in [0.4, 0.5) is 0 Å². The molecule has 4 nitrogen and oxygen atoms in total. The topological polar surface area (TPSA) is 47.8 Å². The maximum Gasteiger partial charge on any atom is 0.178 e. The van der Waals surface area contributed by atoms with Gasteiger partial charge in [0.25, 0.3) is 0 Å². The van der Waals surface area contributed by atoms with Gasteiger partial charge in [-0.1, -0.05) is 17.7 Å². The molecule has 0 aliphatic heterocycles. The van der Waals surface area contributed by atoms with E-state index in [1.807, 2.05) is 13.8 Å². The zero-order valence-corrected chi connectivity index (χ0v) is 15.4. The van der Waals surface area contributed by atoms with Crippen LogP contribution in [0.3, 0.4) is 0 Å². The quantitative estimate of drug-likeness (QED) is 0.654.